The van der Waals surface area contributed by atoms with Crippen molar-refractivity contribution in [2.45, 2.75) is 123 Å². The second kappa shape index (κ2) is 20.7. The van der Waals surface area contributed by atoms with Crippen LogP contribution in [-0.4, -0.2) is 24.3 Å². The molecule has 0 rings (SSSR count). The third-order valence-corrected chi connectivity index (χ3v) is 5.19. The van der Waals surface area contributed by atoms with Gasteiger partial charge in [-0.1, -0.05) is 97.3 Å². The molecule has 0 aliphatic carbocycles. The summed E-state index contributed by atoms with van der Waals surface area (Å²) in [4.78, 5) is 12.4. The Balaban J connectivity index is 3.84. The van der Waals surface area contributed by atoms with Gasteiger partial charge in [0.25, 0.3) is 0 Å². The molecule has 156 valence electrons. The summed E-state index contributed by atoms with van der Waals surface area (Å²) in [6.07, 6.45) is 19.7. The first kappa shape index (κ1) is 25.4. The zero-order chi connectivity index (χ0) is 19.3. The largest absolute Gasteiger partial charge is 0.465 e. The predicted molar refractivity (Wildman–Crippen MR) is 111 cm³/mol. The lowest BCUT2D eigenvalue weighted by Gasteiger charge is -2.16. The Hall–Kier alpha value is -0.570. The monoisotopic (exact) mass is 370 g/mol. The Labute approximate surface area is 163 Å². The van der Waals surface area contributed by atoms with E-state index in [0.29, 0.717) is 13.2 Å². The van der Waals surface area contributed by atoms with Crippen molar-refractivity contribution in [1.29, 1.82) is 0 Å². The molecule has 0 spiro atoms. The zero-order valence-corrected chi connectivity index (χ0v) is 17.8. The molecule has 0 heterocycles. The second-order valence-electron chi connectivity index (χ2n) is 7.76. The van der Waals surface area contributed by atoms with E-state index in [1.54, 1.807) is 0 Å². The fraction of sp³-hybridized carbons (Fsp3) is 0.957. The maximum Gasteiger partial charge on any atom is 0.308 e. The number of esters is 1. The number of aliphatic hydroxyl groups excluding tert-OH is 1. The van der Waals surface area contributed by atoms with Crippen molar-refractivity contribution in [3.63, 3.8) is 0 Å². The molecular weight excluding hydrogens is 324 g/mol. The van der Waals surface area contributed by atoms with Crippen molar-refractivity contribution >= 4 is 5.97 Å². The highest BCUT2D eigenvalue weighted by atomic mass is 16.5. The molecule has 3 heteroatoms. The van der Waals surface area contributed by atoms with Crippen LogP contribution in [0.25, 0.3) is 0 Å². The van der Waals surface area contributed by atoms with Gasteiger partial charge in [-0.25, -0.2) is 0 Å². The molecule has 0 saturated heterocycles. The smallest absolute Gasteiger partial charge is 0.308 e. The number of hydrogen-bond acceptors (Lipinski definition) is 3. The molecule has 0 aromatic carbocycles. The summed E-state index contributed by atoms with van der Waals surface area (Å²) in [6, 6.07) is 0. The number of rotatable bonds is 20. The topological polar surface area (TPSA) is 46.5 Å². The molecule has 1 N–H and O–H groups in total. The first-order valence-electron chi connectivity index (χ1n) is 11.5. The van der Waals surface area contributed by atoms with Crippen molar-refractivity contribution in [3.05, 3.63) is 0 Å². The number of ether oxygens (including phenoxy) is 1. The minimum Gasteiger partial charge on any atom is -0.465 e. The average molecular weight is 371 g/mol. The van der Waals surface area contributed by atoms with Crippen LogP contribution < -0.4 is 0 Å². The Morgan fingerprint density at radius 3 is 1.65 bits per heavy atom. The van der Waals surface area contributed by atoms with Crippen molar-refractivity contribution in [2.75, 3.05) is 13.2 Å². The van der Waals surface area contributed by atoms with Crippen LogP contribution in [0.1, 0.15) is 123 Å². The minimum absolute atomic E-state index is 0.0564. The van der Waals surface area contributed by atoms with Gasteiger partial charge in [0.1, 0.15) is 0 Å². The van der Waals surface area contributed by atoms with E-state index in [1.807, 2.05) is 0 Å². The van der Waals surface area contributed by atoms with Crippen LogP contribution in [0.15, 0.2) is 0 Å². The lowest BCUT2D eigenvalue weighted by molar-refractivity contribution is -0.149. The molecule has 0 atom stereocenters. The van der Waals surface area contributed by atoms with E-state index in [4.69, 9.17) is 9.84 Å². The lowest BCUT2D eigenvalue weighted by Crippen LogP contribution is -2.18. The second-order valence-corrected chi connectivity index (χ2v) is 7.76. The van der Waals surface area contributed by atoms with E-state index >= 15 is 0 Å². The van der Waals surface area contributed by atoms with E-state index in [-0.39, 0.29) is 11.9 Å². The van der Waals surface area contributed by atoms with Crippen molar-refractivity contribution in [2.24, 2.45) is 5.92 Å². The third kappa shape index (κ3) is 16.9. The summed E-state index contributed by atoms with van der Waals surface area (Å²) < 4.78 is 5.59. The normalized spacial score (nSPS) is 11.2. The van der Waals surface area contributed by atoms with Crippen molar-refractivity contribution in [3.8, 4) is 0 Å². The molecule has 26 heavy (non-hydrogen) atoms. The summed E-state index contributed by atoms with van der Waals surface area (Å²) in [6.45, 7) is 5.36. The van der Waals surface area contributed by atoms with Crippen molar-refractivity contribution < 1.29 is 14.6 Å². The van der Waals surface area contributed by atoms with Gasteiger partial charge in [0, 0.05) is 6.61 Å². The third-order valence-electron chi connectivity index (χ3n) is 5.19. The SMILES string of the molecule is CCCCCCC(CCCCCC)C(=O)OCCCCCCCCCO. The maximum absolute atomic E-state index is 12.4. The van der Waals surface area contributed by atoms with E-state index < -0.39 is 0 Å². The van der Waals surface area contributed by atoms with E-state index in [2.05, 4.69) is 13.8 Å². The molecule has 0 aliphatic heterocycles. The Morgan fingerprint density at radius 2 is 1.15 bits per heavy atom. The molecule has 0 amide bonds. The number of hydrogen-bond donors (Lipinski definition) is 1. The Kier molecular flexibility index (Phi) is 20.3. The molecular formula is C23H46O3. The molecule has 0 saturated carbocycles. The van der Waals surface area contributed by atoms with Gasteiger partial charge in [0.05, 0.1) is 12.5 Å². The maximum atomic E-state index is 12.4. The van der Waals surface area contributed by atoms with E-state index in [9.17, 15) is 4.79 Å². The van der Waals surface area contributed by atoms with Crippen LogP contribution in [0, 0.1) is 5.92 Å². The Morgan fingerprint density at radius 1 is 0.692 bits per heavy atom. The molecule has 0 radical (unpaired) electrons. The summed E-state index contributed by atoms with van der Waals surface area (Å²) in [5, 5.41) is 8.75. The van der Waals surface area contributed by atoms with Gasteiger partial charge in [0.2, 0.25) is 0 Å². The highest BCUT2D eigenvalue weighted by Gasteiger charge is 2.19. The molecule has 0 bridgehead atoms. The van der Waals surface area contributed by atoms with Crippen LogP contribution >= 0.6 is 0 Å². The van der Waals surface area contributed by atoms with Gasteiger partial charge in [-0.15, -0.1) is 0 Å². The molecule has 0 aromatic rings. The fourth-order valence-electron chi connectivity index (χ4n) is 3.40. The number of carbonyl (C=O) groups excluding carboxylic acids is 1. The summed E-state index contributed by atoms with van der Waals surface area (Å²) in [5.74, 6) is 0.183. The van der Waals surface area contributed by atoms with Crippen LogP contribution in [0.3, 0.4) is 0 Å². The molecule has 0 fully saturated rings. The lowest BCUT2D eigenvalue weighted by atomic mass is 9.94. The summed E-state index contributed by atoms with van der Waals surface area (Å²) in [5.41, 5.74) is 0. The minimum atomic E-state index is 0.0564. The van der Waals surface area contributed by atoms with Crippen LogP contribution in [0.2, 0.25) is 0 Å². The van der Waals surface area contributed by atoms with Gasteiger partial charge in [-0.3, -0.25) is 4.79 Å². The standard InChI is InChI=1S/C23H46O3/c1-3-5-7-14-18-22(19-15-8-6-4-2)23(25)26-21-17-13-11-9-10-12-16-20-24/h22,24H,3-21H2,1-2H3. The van der Waals surface area contributed by atoms with Gasteiger partial charge in [-0.2, -0.15) is 0 Å². The number of unbranched alkanes of at least 4 members (excludes halogenated alkanes) is 12. The zero-order valence-electron chi connectivity index (χ0n) is 17.8. The van der Waals surface area contributed by atoms with Gasteiger partial charge < -0.3 is 9.84 Å². The van der Waals surface area contributed by atoms with Crippen LogP contribution in [0.4, 0.5) is 0 Å². The van der Waals surface area contributed by atoms with E-state index in [1.165, 1.54) is 57.8 Å². The average Bonchev–Trinajstić information content (AvgIpc) is 2.65. The predicted octanol–water partition coefficient (Wildman–Crippen LogP) is 6.81. The highest BCUT2D eigenvalue weighted by molar-refractivity contribution is 5.72. The van der Waals surface area contributed by atoms with Gasteiger partial charge >= 0.3 is 5.97 Å². The summed E-state index contributed by atoms with van der Waals surface area (Å²) in [7, 11) is 0. The van der Waals surface area contributed by atoms with Gasteiger partial charge in [-0.05, 0) is 25.7 Å². The summed E-state index contributed by atoms with van der Waals surface area (Å²) >= 11 is 0. The Bertz CT molecular complexity index is 279. The quantitative estimate of drug-likeness (QED) is 0.189. The molecule has 0 aromatic heterocycles. The highest BCUT2D eigenvalue weighted by Crippen LogP contribution is 2.20. The molecule has 0 unspecified atom stereocenters. The number of carbonyl (C=O) groups is 1. The first-order valence-corrected chi connectivity index (χ1v) is 11.5. The van der Waals surface area contributed by atoms with Gasteiger partial charge in [0.15, 0.2) is 0 Å². The number of aliphatic hydroxyl groups is 1. The van der Waals surface area contributed by atoms with Crippen LogP contribution in [0.5, 0.6) is 0 Å². The van der Waals surface area contributed by atoms with Crippen LogP contribution in [-0.2, 0) is 9.53 Å². The van der Waals surface area contributed by atoms with E-state index in [0.717, 1.165) is 51.4 Å². The first-order chi connectivity index (χ1) is 12.8. The molecule has 3 nitrogen and oxygen atoms in total. The van der Waals surface area contributed by atoms with Crippen molar-refractivity contribution in [1.82, 2.24) is 0 Å². The molecule has 0 aliphatic rings. The fourth-order valence-corrected chi connectivity index (χ4v) is 3.40.